The highest BCUT2D eigenvalue weighted by Gasteiger charge is 2.55. The predicted molar refractivity (Wildman–Crippen MR) is 82.9 cm³/mol. The number of amides is 1. The van der Waals surface area contributed by atoms with Crippen LogP contribution in [-0.4, -0.2) is 34.2 Å². The standard InChI is InChI=1S/C17H16N2O4/c20-16(13-11-6-7-12(23-11)14(13)17(21)22)19-10-5-1-3-9-4-2-8-18-15(9)10/h1-5,8,11-14H,6-7H2,(H,19,20)(H,21,22)/t11-,12-,13+,14+/m1/s1. The molecule has 2 aliphatic heterocycles. The molecule has 0 spiro atoms. The fraction of sp³-hybridized carbons (Fsp3) is 0.353. The molecule has 1 aromatic heterocycles. The fourth-order valence-electron chi connectivity index (χ4n) is 3.75. The zero-order valence-electron chi connectivity index (χ0n) is 12.3. The van der Waals surface area contributed by atoms with Crippen molar-refractivity contribution in [3.05, 3.63) is 36.5 Å². The molecule has 1 amide bonds. The van der Waals surface area contributed by atoms with Gasteiger partial charge in [0.1, 0.15) is 0 Å². The Hall–Kier alpha value is -2.47. The summed E-state index contributed by atoms with van der Waals surface area (Å²) in [5.41, 5.74) is 1.29. The molecule has 0 unspecified atom stereocenters. The quantitative estimate of drug-likeness (QED) is 0.905. The van der Waals surface area contributed by atoms with Crippen LogP contribution in [0.3, 0.4) is 0 Å². The van der Waals surface area contributed by atoms with Crippen LogP contribution in [0.4, 0.5) is 5.69 Å². The van der Waals surface area contributed by atoms with E-state index in [1.165, 1.54) is 0 Å². The normalized spacial score (nSPS) is 28.9. The van der Waals surface area contributed by atoms with Gasteiger partial charge in [-0.15, -0.1) is 0 Å². The molecular weight excluding hydrogens is 296 g/mol. The van der Waals surface area contributed by atoms with E-state index in [4.69, 9.17) is 4.74 Å². The number of carbonyl (C=O) groups is 2. The number of rotatable bonds is 3. The first kappa shape index (κ1) is 14.1. The molecule has 2 fully saturated rings. The van der Waals surface area contributed by atoms with E-state index in [1.807, 2.05) is 24.3 Å². The SMILES string of the molecule is O=C(O)[C@@H]1[C@@H](C(=O)Nc2cccc3cccnc23)[C@H]2CC[C@H]1O2. The van der Waals surface area contributed by atoms with Gasteiger partial charge in [0.15, 0.2) is 0 Å². The number of para-hydroxylation sites is 1. The van der Waals surface area contributed by atoms with Crippen molar-refractivity contribution in [3.8, 4) is 0 Å². The topological polar surface area (TPSA) is 88.5 Å². The zero-order chi connectivity index (χ0) is 16.0. The minimum absolute atomic E-state index is 0.302. The molecule has 6 heteroatoms. The van der Waals surface area contributed by atoms with E-state index in [9.17, 15) is 14.7 Å². The Morgan fingerprint density at radius 3 is 2.65 bits per heavy atom. The minimum atomic E-state index is -0.964. The lowest BCUT2D eigenvalue weighted by atomic mass is 9.78. The van der Waals surface area contributed by atoms with Gasteiger partial charge < -0.3 is 15.2 Å². The predicted octanol–water partition coefficient (Wildman–Crippen LogP) is 2.05. The van der Waals surface area contributed by atoms with Gasteiger partial charge in [0.05, 0.1) is 35.2 Å². The Kier molecular flexibility index (Phi) is 3.27. The largest absolute Gasteiger partial charge is 0.481 e. The summed E-state index contributed by atoms with van der Waals surface area (Å²) in [5, 5.41) is 13.2. The van der Waals surface area contributed by atoms with Crippen LogP contribution in [0.5, 0.6) is 0 Å². The Labute approximate surface area is 132 Å². The highest BCUT2D eigenvalue weighted by Crippen LogP contribution is 2.44. The number of nitrogens with zero attached hydrogens (tertiary/aromatic N) is 1. The number of carbonyl (C=O) groups excluding carboxylic acids is 1. The van der Waals surface area contributed by atoms with E-state index < -0.39 is 17.8 Å². The molecule has 2 aromatic rings. The Morgan fingerprint density at radius 1 is 1.13 bits per heavy atom. The van der Waals surface area contributed by atoms with Crippen LogP contribution >= 0.6 is 0 Å². The molecule has 3 heterocycles. The van der Waals surface area contributed by atoms with Crippen LogP contribution < -0.4 is 5.32 Å². The highest BCUT2D eigenvalue weighted by atomic mass is 16.5. The summed E-state index contributed by atoms with van der Waals surface area (Å²) in [6.45, 7) is 0. The maximum absolute atomic E-state index is 12.7. The van der Waals surface area contributed by atoms with Gasteiger partial charge in [-0.25, -0.2) is 0 Å². The number of hydrogen-bond acceptors (Lipinski definition) is 4. The van der Waals surface area contributed by atoms with Gasteiger partial charge in [-0.3, -0.25) is 14.6 Å². The van der Waals surface area contributed by atoms with E-state index in [0.717, 1.165) is 11.8 Å². The summed E-state index contributed by atoms with van der Waals surface area (Å²) in [4.78, 5) is 28.5. The number of benzene rings is 1. The van der Waals surface area contributed by atoms with Crippen molar-refractivity contribution < 1.29 is 19.4 Å². The van der Waals surface area contributed by atoms with Gasteiger partial charge in [-0.2, -0.15) is 0 Å². The monoisotopic (exact) mass is 312 g/mol. The number of aliphatic carboxylic acids is 1. The summed E-state index contributed by atoms with van der Waals surface area (Å²) in [5.74, 6) is -2.68. The third-order valence-electron chi connectivity index (χ3n) is 4.75. The maximum Gasteiger partial charge on any atom is 0.310 e. The van der Waals surface area contributed by atoms with Crippen molar-refractivity contribution >= 4 is 28.5 Å². The van der Waals surface area contributed by atoms with Gasteiger partial charge in [-0.05, 0) is 25.0 Å². The molecule has 0 radical (unpaired) electrons. The molecule has 2 bridgehead atoms. The van der Waals surface area contributed by atoms with Gasteiger partial charge in [0.2, 0.25) is 5.91 Å². The van der Waals surface area contributed by atoms with Crippen molar-refractivity contribution in [2.24, 2.45) is 11.8 Å². The number of aromatic nitrogens is 1. The van der Waals surface area contributed by atoms with Crippen molar-refractivity contribution in [3.63, 3.8) is 0 Å². The van der Waals surface area contributed by atoms with Crippen molar-refractivity contribution in [1.29, 1.82) is 0 Å². The fourth-order valence-corrected chi connectivity index (χ4v) is 3.75. The highest BCUT2D eigenvalue weighted by molar-refractivity contribution is 6.02. The van der Waals surface area contributed by atoms with Crippen LogP contribution in [0, 0.1) is 11.8 Å². The second kappa shape index (κ2) is 5.31. The van der Waals surface area contributed by atoms with Crippen LogP contribution in [0.2, 0.25) is 0 Å². The maximum atomic E-state index is 12.7. The van der Waals surface area contributed by atoms with Gasteiger partial charge >= 0.3 is 5.97 Å². The Balaban J connectivity index is 1.63. The molecule has 0 saturated carbocycles. The summed E-state index contributed by atoms with van der Waals surface area (Å²) in [6, 6.07) is 9.28. The zero-order valence-corrected chi connectivity index (χ0v) is 12.3. The van der Waals surface area contributed by atoms with E-state index in [2.05, 4.69) is 10.3 Å². The number of hydrogen-bond donors (Lipinski definition) is 2. The molecule has 6 nitrogen and oxygen atoms in total. The van der Waals surface area contributed by atoms with Crippen LogP contribution in [0.1, 0.15) is 12.8 Å². The number of nitrogens with one attached hydrogen (secondary N) is 1. The summed E-state index contributed by atoms with van der Waals surface area (Å²) in [6.07, 6.45) is 2.46. The van der Waals surface area contributed by atoms with E-state index in [1.54, 1.807) is 12.3 Å². The van der Waals surface area contributed by atoms with Crippen LogP contribution in [0.25, 0.3) is 10.9 Å². The summed E-state index contributed by atoms with van der Waals surface area (Å²) in [7, 11) is 0. The third-order valence-corrected chi connectivity index (χ3v) is 4.75. The number of anilines is 1. The van der Waals surface area contributed by atoms with Crippen LogP contribution in [-0.2, 0) is 14.3 Å². The van der Waals surface area contributed by atoms with E-state index in [0.29, 0.717) is 17.6 Å². The molecule has 1 aromatic carbocycles. The average Bonchev–Trinajstić information content (AvgIpc) is 3.16. The van der Waals surface area contributed by atoms with Gasteiger partial charge in [0.25, 0.3) is 0 Å². The molecule has 4 atom stereocenters. The first-order valence-electron chi connectivity index (χ1n) is 7.68. The number of pyridine rings is 1. The molecule has 2 N–H and O–H groups in total. The Morgan fingerprint density at radius 2 is 1.87 bits per heavy atom. The molecule has 2 saturated heterocycles. The molecule has 0 aliphatic carbocycles. The van der Waals surface area contributed by atoms with Gasteiger partial charge in [-0.1, -0.05) is 18.2 Å². The first-order valence-corrected chi connectivity index (χ1v) is 7.68. The van der Waals surface area contributed by atoms with Gasteiger partial charge in [0, 0.05) is 11.6 Å². The van der Waals surface area contributed by atoms with E-state index >= 15 is 0 Å². The minimum Gasteiger partial charge on any atom is -0.481 e. The Bertz CT molecular complexity index is 786. The lowest BCUT2D eigenvalue weighted by Gasteiger charge is -2.24. The number of carboxylic acids is 1. The van der Waals surface area contributed by atoms with Crippen molar-refractivity contribution in [2.75, 3.05) is 5.32 Å². The number of ether oxygens (including phenoxy) is 1. The molecule has 118 valence electrons. The second-order valence-electron chi connectivity index (χ2n) is 6.05. The number of carboxylic acid groups (broad SMARTS) is 1. The van der Waals surface area contributed by atoms with Crippen molar-refractivity contribution in [2.45, 2.75) is 25.0 Å². The lowest BCUT2D eigenvalue weighted by molar-refractivity contribution is -0.147. The summed E-state index contributed by atoms with van der Waals surface area (Å²) < 4.78 is 5.65. The molecule has 2 aliphatic rings. The average molecular weight is 312 g/mol. The molecular formula is C17H16N2O4. The summed E-state index contributed by atoms with van der Waals surface area (Å²) >= 11 is 0. The smallest absolute Gasteiger partial charge is 0.310 e. The van der Waals surface area contributed by atoms with E-state index in [-0.39, 0.29) is 18.1 Å². The first-order chi connectivity index (χ1) is 11.1. The van der Waals surface area contributed by atoms with Crippen molar-refractivity contribution in [1.82, 2.24) is 4.98 Å². The number of fused-ring (bicyclic) bond motifs is 3. The molecule has 4 rings (SSSR count). The molecule has 23 heavy (non-hydrogen) atoms. The second-order valence-corrected chi connectivity index (χ2v) is 6.05. The lowest BCUT2D eigenvalue weighted by Crippen LogP contribution is -2.41. The third kappa shape index (κ3) is 2.26. The van der Waals surface area contributed by atoms with Crippen LogP contribution in [0.15, 0.2) is 36.5 Å².